The summed E-state index contributed by atoms with van der Waals surface area (Å²) in [5.74, 6) is -0.438. The van der Waals surface area contributed by atoms with Crippen LogP contribution in [-0.2, 0) is 0 Å². The van der Waals surface area contributed by atoms with Crippen molar-refractivity contribution in [3.63, 3.8) is 0 Å². The third kappa shape index (κ3) is 4.61. The average molecular weight is 386 g/mol. The van der Waals surface area contributed by atoms with Crippen LogP contribution in [0.2, 0.25) is 0 Å². The molecule has 0 aromatic carbocycles. The fourth-order valence-corrected chi connectivity index (χ4v) is 2.62. The Labute approximate surface area is 160 Å². The Hall–Kier alpha value is -3.49. The van der Waals surface area contributed by atoms with Crippen LogP contribution in [0.5, 0.6) is 5.75 Å². The molecule has 8 nitrogen and oxygen atoms in total. The zero-order valence-corrected chi connectivity index (χ0v) is 15.3. The Bertz CT molecular complexity index is 902. The van der Waals surface area contributed by atoms with Crippen LogP contribution in [0.3, 0.4) is 0 Å². The number of carbonyl (C=O) groups is 2. The van der Waals surface area contributed by atoms with Crippen LogP contribution < -0.4 is 4.74 Å². The summed E-state index contributed by atoms with van der Waals surface area (Å²) in [4.78, 5) is 35.8. The number of carbonyl (C=O) groups excluding carboxylic acids is 2. The molecule has 0 N–H and O–H groups in total. The van der Waals surface area contributed by atoms with E-state index in [1.807, 2.05) is 0 Å². The zero-order valence-electron chi connectivity index (χ0n) is 15.3. The van der Waals surface area contributed by atoms with E-state index >= 15 is 0 Å². The number of nitrogens with zero attached hydrogens (tertiary/aromatic N) is 4. The van der Waals surface area contributed by atoms with Gasteiger partial charge in [0.25, 0.3) is 5.89 Å². The van der Waals surface area contributed by atoms with Crippen molar-refractivity contribution in [3.05, 3.63) is 60.4 Å². The minimum absolute atomic E-state index is 0.0759. The van der Waals surface area contributed by atoms with E-state index in [1.54, 1.807) is 30.2 Å². The van der Waals surface area contributed by atoms with Crippen molar-refractivity contribution in [2.75, 3.05) is 26.2 Å². The molecular formula is C19H19FN4O4. The van der Waals surface area contributed by atoms with Gasteiger partial charge in [-0.2, -0.15) is 0 Å². The van der Waals surface area contributed by atoms with Crippen LogP contribution in [-0.4, -0.2) is 57.9 Å². The van der Waals surface area contributed by atoms with Crippen molar-refractivity contribution in [2.24, 2.45) is 0 Å². The molecule has 3 rings (SSSR count). The number of piperazine rings is 1. The third-order valence-electron chi connectivity index (χ3n) is 4.10. The van der Waals surface area contributed by atoms with Crippen LogP contribution in [0, 0.1) is 6.92 Å². The minimum Gasteiger partial charge on any atom is -0.433 e. The number of pyridine rings is 1. The summed E-state index contributed by atoms with van der Waals surface area (Å²) in [5.41, 5.74) is 0.472. The van der Waals surface area contributed by atoms with Gasteiger partial charge in [-0.15, -0.1) is 0 Å². The highest BCUT2D eigenvalue weighted by atomic mass is 19.1. The molecule has 2 amide bonds. The number of aromatic nitrogens is 2. The molecule has 1 saturated heterocycles. The first-order chi connectivity index (χ1) is 13.4. The normalized spacial score (nSPS) is 14.4. The molecule has 0 bridgehead atoms. The molecule has 2 aromatic heterocycles. The lowest BCUT2D eigenvalue weighted by Crippen LogP contribution is -2.51. The molecule has 0 radical (unpaired) electrons. The van der Waals surface area contributed by atoms with Crippen molar-refractivity contribution in [1.29, 1.82) is 0 Å². The van der Waals surface area contributed by atoms with E-state index in [9.17, 15) is 14.0 Å². The molecule has 146 valence electrons. The molecule has 3 heterocycles. The summed E-state index contributed by atoms with van der Waals surface area (Å²) in [6, 6.07) is 3.31. The topological polar surface area (TPSA) is 88.8 Å². The zero-order chi connectivity index (χ0) is 20.1. The smallest absolute Gasteiger partial charge is 0.415 e. The standard InChI is InChI=1S/C19H19FN4O4/c1-13(20)5-6-16-14(2)22-17(28-16)18(25)23-8-10-24(11-9-23)19(26)27-15-4-3-7-21-12-15/h3-7,12H,1,8-11H2,2H3/b6-5-. The number of rotatable bonds is 4. The third-order valence-corrected chi connectivity index (χ3v) is 4.10. The quantitative estimate of drug-likeness (QED) is 0.751. The van der Waals surface area contributed by atoms with Gasteiger partial charge >= 0.3 is 12.0 Å². The summed E-state index contributed by atoms with van der Waals surface area (Å²) in [7, 11) is 0. The lowest BCUT2D eigenvalue weighted by Gasteiger charge is -2.33. The molecule has 0 spiro atoms. The fraction of sp³-hybridized carbons (Fsp3) is 0.263. The van der Waals surface area contributed by atoms with Crippen molar-refractivity contribution in [1.82, 2.24) is 19.8 Å². The second-order valence-corrected chi connectivity index (χ2v) is 6.08. The first kappa shape index (κ1) is 19.3. The van der Waals surface area contributed by atoms with E-state index in [0.29, 0.717) is 43.4 Å². The highest BCUT2D eigenvalue weighted by molar-refractivity contribution is 5.90. The summed E-state index contributed by atoms with van der Waals surface area (Å²) >= 11 is 0. The fourth-order valence-electron chi connectivity index (χ4n) is 2.62. The Morgan fingerprint density at radius 1 is 1.29 bits per heavy atom. The Morgan fingerprint density at radius 3 is 2.64 bits per heavy atom. The van der Waals surface area contributed by atoms with Gasteiger partial charge in [-0.1, -0.05) is 6.58 Å². The van der Waals surface area contributed by atoms with Crippen molar-refractivity contribution >= 4 is 18.1 Å². The van der Waals surface area contributed by atoms with Gasteiger partial charge in [0.1, 0.15) is 5.83 Å². The van der Waals surface area contributed by atoms with Gasteiger partial charge < -0.3 is 19.0 Å². The minimum atomic E-state index is -0.627. The van der Waals surface area contributed by atoms with Crippen LogP contribution in [0.25, 0.3) is 6.08 Å². The second kappa shape index (κ2) is 8.47. The van der Waals surface area contributed by atoms with E-state index in [0.717, 1.165) is 6.08 Å². The average Bonchev–Trinajstić information content (AvgIpc) is 3.07. The van der Waals surface area contributed by atoms with Gasteiger partial charge in [0.05, 0.1) is 11.9 Å². The monoisotopic (exact) mass is 386 g/mol. The van der Waals surface area contributed by atoms with E-state index < -0.39 is 11.9 Å². The first-order valence-electron chi connectivity index (χ1n) is 8.60. The molecule has 0 atom stereocenters. The maximum Gasteiger partial charge on any atom is 0.415 e. The maximum atomic E-state index is 12.8. The van der Waals surface area contributed by atoms with Crippen LogP contribution in [0.1, 0.15) is 22.1 Å². The van der Waals surface area contributed by atoms with Crippen molar-refractivity contribution in [2.45, 2.75) is 6.92 Å². The highest BCUT2D eigenvalue weighted by Crippen LogP contribution is 2.16. The predicted molar refractivity (Wildman–Crippen MR) is 98.3 cm³/mol. The largest absolute Gasteiger partial charge is 0.433 e. The highest BCUT2D eigenvalue weighted by Gasteiger charge is 2.28. The van der Waals surface area contributed by atoms with E-state index in [1.165, 1.54) is 17.2 Å². The van der Waals surface area contributed by atoms with E-state index in [2.05, 4.69) is 16.5 Å². The summed E-state index contributed by atoms with van der Waals surface area (Å²) < 4.78 is 23.4. The molecule has 1 aliphatic rings. The van der Waals surface area contributed by atoms with E-state index in [4.69, 9.17) is 9.15 Å². The molecule has 1 aliphatic heterocycles. The van der Waals surface area contributed by atoms with Crippen LogP contribution >= 0.6 is 0 Å². The van der Waals surface area contributed by atoms with Gasteiger partial charge in [-0.05, 0) is 31.2 Å². The maximum absolute atomic E-state index is 12.8. The first-order valence-corrected chi connectivity index (χ1v) is 8.60. The Kier molecular flexibility index (Phi) is 5.83. The van der Waals surface area contributed by atoms with Crippen molar-refractivity contribution < 1.29 is 23.1 Å². The lowest BCUT2D eigenvalue weighted by molar-refractivity contribution is 0.0596. The van der Waals surface area contributed by atoms with Gasteiger partial charge in [0, 0.05) is 32.4 Å². The van der Waals surface area contributed by atoms with Crippen LogP contribution in [0.15, 0.2) is 47.4 Å². The molecule has 0 aliphatic carbocycles. The summed E-state index contributed by atoms with van der Waals surface area (Å²) in [5, 5.41) is 0. The van der Waals surface area contributed by atoms with Gasteiger partial charge in [-0.3, -0.25) is 9.78 Å². The molecule has 0 unspecified atom stereocenters. The molecule has 2 aromatic rings. The molecule has 28 heavy (non-hydrogen) atoms. The molecule has 0 saturated carbocycles. The SMILES string of the molecule is C=C(F)/C=C\c1oc(C(=O)N2CCN(C(=O)Oc3cccnc3)CC2)nc1C. The molecule has 1 fully saturated rings. The van der Waals surface area contributed by atoms with Gasteiger partial charge in [-0.25, -0.2) is 14.2 Å². The summed E-state index contributed by atoms with van der Waals surface area (Å²) in [6.45, 7) is 6.05. The number of halogens is 1. The second-order valence-electron chi connectivity index (χ2n) is 6.08. The predicted octanol–water partition coefficient (Wildman–Crippen LogP) is 2.83. The summed E-state index contributed by atoms with van der Waals surface area (Å²) in [6.07, 6.45) is 5.04. The lowest BCUT2D eigenvalue weighted by atomic mass is 10.3. The Balaban J connectivity index is 1.57. The Morgan fingerprint density at radius 2 is 2.00 bits per heavy atom. The van der Waals surface area contributed by atoms with Gasteiger partial charge in [0.15, 0.2) is 11.5 Å². The number of ether oxygens (including phenoxy) is 1. The molecule has 9 heteroatoms. The number of aryl methyl sites for hydroxylation is 1. The number of allylic oxidation sites excluding steroid dienone is 2. The van der Waals surface area contributed by atoms with E-state index in [-0.39, 0.29) is 11.8 Å². The molecular weight excluding hydrogens is 367 g/mol. The number of hydrogen-bond donors (Lipinski definition) is 0. The van der Waals surface area contributed by atoms with Gasteiger partial charge in [0.2, 0.25) is 0 Å². The number of oxazole rings is 1. The number of hydrogen-bond acceptors (Lipinski definition) is 6. The van der Waals surface area contributed by atoms with Crippen LogP contribution in [0.4, 0.5) is 9.18 Å². The van der Waals surface area contributed by atoms with Crippen molar-refractivity contribution in [3.8, 4) is 5.75 Å². The number of amides is 2.